The minimum absolute atomic E-state index is 0.197. The predicted molar refractivity (Wildman–Crippen MR) is 147 cm³/mol. The number of ether oxygens (including phenoxy) is 1. The zero-order valence-corrected chi connectivity index (χ0v) is 21.6. The monoisotopic (exact) mass is 512 g/mol. The maximum atomic E-state index is 12.3. The van der Waals surface area contributed by atoms with Crippen LogP contribution in [0, 0.1) is 0 Å². The molecule has 2 aromatic carbocycles. The number of carbonyl (C=O) groups is 1. The van der Waals surface area contributed by atoms with E-state index in [4.69, 9.17) is 16.3 Å². The fourth-order valence-corrected chi connectivity index (χ4v) is 6.33. The van der Waals surface area contributed by atoms with Gasteiger partial charge in [-0.15, -0.1) is 11.3 Å². The Kier molecular flexibility index (Phi) is 7.96. The SMILES string of the molecule is O=C(NCCCCN1CCCN(c2cccc3c2OCCC3)CC1)Nc1sc2ccccc2c1Cl. The van der Waals surface area contributed by atoms with Gasteiger partial charge in [-0.3, -0.25) is 5.32 Å². The van der Waals surface area contributed by atoms with Gasteiger partial charge in [0, 0.05) is 36.3 Å². The van der Waals surface area contributed by atoms with Gasteiger partial charge in [-0.25, -0.2) is 4.79 Å². The highest BCUT2D eigenvalue weighted by Crippen LogP contribution is 2.39. The number of para-hydroxylation sites is 1. The largest absolute Gasteiger partial charge is 0.491 e. The summed E-state index contributed by atoms with van der Waals surface area (Å²) in [6.45, 7) is 6.80. The molecule has 8 heteroatoms. The highest BCUT2D eigenvalue weighted by atomic mass is 35.5. The van der Waals surface area contributed by atoms with Crippen LogP contribution in [0.5, 0.6) is 5.75 Å². The smallest absolute Gasteiger partial charge is 0.319 e. The molecule has 2 amide bonds. The normalized spacial score (nSPS) is 16.4. The van der Waals surface area contributed by atoms with Gasteiger partial charge in [0.25, 0.3) is 0 Å². The minimum atomic E-state index is -0.197. The zero-order chi connectivity index (χ0) is 24.0. The van der Waals surface area contributed by atoms with Gasteiger partial charge in [0.1, 0.15) is 10.8 Å². The fourth-order valence-electron chi connectivity index (χ4n) is 4.96. The van der Waals surface area contributed by atoms with Crippen molar-refractivity contribution in [1.29, 1.82) is 0 Å². The predicted octanol–water partition coefficient (Wildman–Crippen LogP) is 5.99. The molecule has 3 heterocycles. The van der Waals surface area contributed by atoms with E-state index in [1.807, 2.05) is 24.3 Å². The molecule has 1 fully saturated rings. The Bertz CT molecular complexity index is 1170. The first-order chi connectivity index (χ1) is 17.2. The van der Waals surface area contributed by atoms with Gasteiger partial charge in [-0.2, -0.15) is 0 Å². The van der Waals surface area contributed by atoms with Crippen LogP contribution in [-0.2, 0) is 6.42 Å². The van der Waals surface area contributed by atoms with E-state index in [0.717, 1.165) is 87.3 Å². The van der Waals surface area contributed by atoms with Crippen molar-refractivity contribution in [2.75, 3.05) is 56.1 Å². The summed E-state index contributed by atoms with van der Waals surface area (Å²) in [7, 11) is 0. The number of carbonyl (C=O) groups excluding carboxylic acids is 1. The summed E-state index contributed by atoms with van der Waals surface area (Å²) in [5.41, 5.74) is 2.61. The van der Waals surface area contributed by atoms with Crippen molar-refractivity contribution in [2.24, 2.45) is 0 Å². The van der Waals surface area contributed by atoms with Crippen LogP contribution in [0.2, 0.25) is 5.02 Å². The third-order valence-electron chi connectivity index (χ3n) is 6.79. The number of benzene rings is 2. The number of halogens is 1. The summed E-state index contributed by atoms with van der Waals surface area (Å²) in [6.07, 6.45) is 5.40. The Morgan fingerprint density at radius 3 is 2.86 bits per heavy atom. The van der Waals surface area contributed by atoms with Crippen molar-refractivity contribution < 1.29 is 9.53 Å². The van der Waals surface area contributed by atoms with Crippen molar-refractivity contribution in [3.05, 3.63) is 53.1 Å². The number of aryl methyl sites for hydroxylation is 1. The van der Waals surface area contributed by atoms with Crippen LogP contribution in [0.25, 0.3) is 10.1 Å². The molecule has 1 aromatic heterocycles. The summed E-state index contributed by atoms with van der Waals surface area (Å²) >= 11 is 7.92. The molecule has 2 aliphatic heterocycles. The van der Waals surface area contributed by atoms with Crippen molar-refractivity contribution in [3.8, 4) is 5.75 Å². The first kappa shape index (κ1) is 24.2. The molecule has 5 rings (SSSR count). The Balaban J connectivity index is 1.03. The third-order valence-corrected chi connectivity index (χ3v) is 8.38. The standard InChI is InChI=1S/C27H33ClN4O2S/c28-24-21-10-1-2-12-23(21)35-26(24)30-27(33)29-13-3-4-14-31-15-7-16-32(18-17-31)22-11-5-8-20-9-6-19-34-25(20)22/h1-2,5,8,10-12H,3-4,6-7,9,13-19H2,(H2,29,30,33). The second-order valence-corrected chi connectivity index (χ2v) is 10.7. The lowest BCUT2D eigenvalue weighted by molar-refractivity contribution is 0.251. The van der Waals surface area contributed by atoms with E-state index in [9.17, 15) is 4.79 Å². The van der Waals surface area contributed by atoms with Crippen LogP contribution in [-0.4, -0.2) is 56.8 Å². The molecule has 0 bridgehead atoms. The first-order valence-corrected chi connectivity index (χ1v) is 13.8. The van der Waals surface area contributed by atoms with Gasteiger partial charge in [0.2, 0.25) is 0 Å². The van der Waals surface area contributed by atoms with Crippen LogP contribution in [0.3, 0.4) is 0 Å². The maximum absolute atomic E-state index is 12.3. The molecule has 0 unspecified atom stereocenters. The number of urea groups is 1. The molecule has 0 aliphatic carbocycles. The van der Waals surface area contributed by atoms with Crippen molar-refractivity contribution in [2.45, 2.75) is 32.1 Å². The van der Waals surface area contributed by atoms with Gasteiger partial charge < -0.3 is 19.9 Å². The Morgan fingerprint density at radius 1 is 1.03 bits per heavy atom. The van der Waals surface area contributed by atoms with Crippen molar-refractivity contribution in [3.63, 3.8) is 0 Å². The van der Waals surface area contributed by atoms with Gasteiger partial charge in [-0.05, 0) is 62.9 Å². The molecule has 2 N–H and O–H groups in total. The summed E-state index contributed by atoms with van der Waals surface area (Å²) in [6, 6.07) is 14.3. The van der Waals surface area contributed by atoms with E-state index >= 15 is 0 Å². The first-order valence-electron chi connectivity index (χ1n) is 12.6. The van der Waals surface area contributed by atoms with Crippen molar-refractivity contribution in [1.82, 2.24) is 10.2 Å². The van der Waals surface area contributed by atoms with Gasteiger partial charge in [0.15, 0.2) is 0 Å². The number of nitrogens with one attached hydrogen (secondary N) is 2. The lowest BCUT2D eigenvalue weighted by Crippen LogP contribution is -2.32. The second-order valence-electron chi connectivity index (χ2n) is 9.23. The summed E-state index contributed by atoms with van der Waals surface area (Å²) < 4.78 is 7.12. The minimum Gasteiger partial charge on any atom is -0.491 e. The zero-order valence-electron chi connectivity index (χ0n) is 20.0. The van der Waals surface area contributed by atoms with Gasteiger partial charge in [0.05, 0.1) is 17.3 Å². The lowest BCUT2D eigenvalue weighted by Gasteiger charge is -2.28. The van der Waals surface area contributed by atoms with E-state index in [1.165, 1.54) is 22.6 Å². The Hall–Kier alpha value is -2.48. The van der Waals surface area contributed by atoms with Gasteiger partial charge in [-0.1, -0.05) is 41.9 Å². The molecular weight excluding hydrogens is 480 g/mol. The lowest BCUT2D eigenvalue weighted by atomic mass is 10.0. The highest BCUT2D eigenvalue weighted by molar-refractivity contribution is 7.23. The number of rotatable bonds is 7. The summed E-state index contributed by atoms with van der Waals surface area (Å²) in [4.78, 5) is 17.4. The quantitative estimate of drug-likeness (QED) is 0.381. The topological polar surface area (TPSA) is 56.8 Å². The number of thiophene rings is 1. The highest BCUT2D eigenvalue weighted by Gasteiger charge is 2.21. The number of unbranched alkanes of at least 4 members (excludes halogenated alkanes) is 1. The van der Waals surface area contributed by atoms with E-state index in [-0.39, 0.29) is 6.03 Å². The maximum Gasteiger partial charge on any atom is 0.319 e. The number of hydrogen-bond donors (Lipinski definition) is 2. The van der Waals surface area contributed by atoms with Crippen LogP contribution in [0.4, 0.5) is 15.5 Å². The van der Waals surface area contributed by atoms with Crippen LogP contribution < -0.4 is 20.3 Å². The van der Waals surface area contributed by atoms with E-state index < -0.39 is 0 Å². The molecule has 35 heavy (non-hydrogen) atoms. The van der Waals surface area contributed by atoms with Crippen LogP contribution >= 0.6 is 22.9 Å². The molecule has 1 saturated heterocycles. The number of amides is 2. The van der Waals surface area contributed by atoms with E-state index in [1.54, 1.807) is 0 Å². The number of nitrogens with zero attached hydrogens (tertiary/aromatic N) is 2. The molecule has 0 saturated carbocycles. The Labute approximate surface area is 216 Å². The molecule has 3 aromatic rings. The summed E-state index contributed by atoms with van der Waals surface area (Å²) in [5.74, 6) is 1.11. The average molecular weight is 513 g/mol. The molecule has 6 nitrogen and oxygen atoms in total. The Morgan fingerprint density at radius 2 is 1.94 bits per heavy atom. The number of anilines is 2. The van der Waals surface area contributed by atoms with E-state index in [0.29, 0.717) is 16.6 Å². The van der Waals surface area contributed by atoms with Crippen LogP contribution in [0.1, 0.15) is 31.2 Å². The fraction of sp³-hybridized carbons (Fsp3) is 0.444. The molecular formula is C27H33ClN4O2S. The number of hydrogen-bond acceptors (Lipinski definition) is 5. The molecule has 2 aliphatic rings. The number of fused-ring (bicyclic) bond motifs is 2. The van der Waals surface area contributed by atoms with Crippen LogP contribution in [0.15, 0.2) is 42.5 Å². The van der Waals surface area contributed by atoms with E-state index in [2.05, 4.69) is 38.6 Å². The van der Waals surface area contributed by atoms with Crippen molar-refractivity contribution >= 4 is 49.7 Å². The molecule has 0 spiro atoms. The molecule has 0 radical (unpaired) electrons. The van der Waals surface area contributed by atoms with Gasteiger partial charge >= 0.3 is 6.03 Å². The molecule has 0 atom stereocenters. The molecule has 186 valence electrons. The second kappa shape index (κ2) is 11.5. The summed E-state index contributed by atoms with van der Waals surface area (Å²) in [5, 5.41) is 8.15. The average Bonchev–Trinajstić information content (AvgIpc) is 3.04. The third kappa shape index (κ3) is 5.85.